The smallest absolute Gasteiger partial charge is 0.254 e. The van der Waals surface area contributed by atoms with Crippen LogP contribution in [0.4, 0.5) is 0 Å². The van der Waals surface area contributed by atoms with Crippen molar-refractivity contribution in [3.63, 3.8) is 0 Å². The maximum atomic E-state index is 12.6. The van der Waals surface area contributed by atoms with Gasteiger partial charge >= 0.3 is 0 Å². The molecular weight excluding hydrogens is 294 g/mol. The van der Waals surface area contributed by atoms with Crippen molar-refractivity contribution >= 4 is 5.91 Å². The summed E-state index contributed by atoms with van der Waals surface area (Å²) >= 11 is 0. The Bertz CT molecular complexity index is 635. The highest BCUT2D eigenvalue weighted by Crippen LogP contribution is 2.16. The van der Waals surface area contributed by atoms with Crippen molar-refractivity contribution < 1.29 is 14.6 Å². The first-order valence-corrected chi connectivity index (χ1v) is 7.67. The number of ether oxygens (including phenoxy) is 1. The highest BCUT2D eigenvalue weighted by atomic mass is 16.5. The van der Waals surface area contributed by atoms with Crippen molar-refractivity contribution in [1.82, 2.24) is 14.9 Å². The Kier molecular flexibility index (Phi) is 5.76. The van der Waals surface area contributed by atoms with Crippen LogP contribution in [0.5, 0.6) is 5.75 Å². The average Bonchev–Trinajstić information content (AvgIpc) is 2.91. The number of rotatable bonds is 7. The Balaban J connectivity index is 2.10. The Hall–Kier alpha value is -2.34. The molecule has 124 valence electrons. The number of imidazole rings is 1. The number of aliphatic hydroxyl groups is 1. The van der Waals surface area contributed by atoms with Crippen LogP contribution in [0.2, 0.25) is 0 Å². The van der Waals surface area contributed by atoms with E-state index in [0.29, 0.717) is 12.1 Å². The molecule has 0 aliphatic rings. The summed E-state index contributed by atoms with van der Waals surface area (Å²) in [5, 5.41) is 9.22. The zero-order chi connectivity index (χ0) is 16.8. The molecule has 0 aliphatic heterocycles. The van der Waals surface area contributed by atoms with Crippen LogP contribution in [0.25, 0.3) is 0 Å². The van der Waals surface area contributed by atoms with E-state index in [0.717, 1.165) is 17.3 Å². The number of carbonyl (C=O) groups excluding carboxylic acids is 1. The van der Waals surface area contributed by atoms with Gasteiger partial charge in [-0.1, -0.05) is 0 Å². The summed E-state index contributed by atoms with van der Waals surface area (Å²) in [7, 11) is 0. The van der Waals surface area contributed by atoms with Gasteiger partial charge in [0.1, 0.15) is 11.6 Å². The van der Waals surface area contributed by atoms with Crippen molar-refractivity contribution in [2.45, 2.75) is 33.4 Å². The lowest BCUT2D eigenvalue weighted by molar-refractivity contribution is 0.0705. The van der Waals surface area contributed by atoms with Gasteiger partial charge in [0.05, 0.1) is 31.1 Å². The second kappa shape index (κ2) is 7.78. The molecule has 0 saturated heterocycles. The molecule has 2 rings (SSSR count). The predicted molar refractivity (Wildman–Crippen MR) is 87.4 cm³/mol. The Morgan fingerprint density at radius 1 is 1.35 bits per heavy atom. The van der Waals surface area contributed by atoms with Crippen LogP contribution in [-0.4, -0.2) is 45.1 Å². The van der Waals surface area contributed by atoms with Crippen LogP contribution in [0.15, 0.2) is 30.5 Å². The number of nitrogens with one attached hydrogen (secondary N) is 1. The molecule has 0 aliphatic carbocycles. The number of aromatic amines is 1. The van der Waals surface area contributed by atoms with E-state index < -0.39 is 0 Å². The summed E-state index contributed by atoms with van der Waals surface area (Å²) in [5.74, 6) is 1.39. The van der Waals surface area contributed by atoms with Gasteiger partial charge in [0, 0.05) is 12.1 Å². The van der Waals surface area contributed by atoms with Crippen LogP contribution >= 0.6 is 0 Å². The number of carbonyl (C=O) groups is 1. The number of benzene rings is 1. The van der Waals surface area contributed by atoms with E-state index in [4.69, 9.17) is 4.74 Å². The average molecular weight is 317 g/mol. The second-order valence-corrected chi connectivity index (χ2v) is 5.64. The minimum absolute atomic E-state index is 0.0889. The molecule has 1 heterocycles. The van der Waals surface area contributed by atoms with E-state index >= 15 is 0 Å². The van der Waals surface area contributed by atoms with E-state index in [9.17, 15) is 9.90 Å². The quantitative estimate of drug-likeness (QED) is 0.820. The topological polar surface area (TPSA) is 78.4 Å². The first-order chi connectivity index (χ1) is 11.0. The zero-order valence-corrected chi connectivity index (χ0v) is 13.7. The Morgan fingerprint density at radius 2 is 2.04 bits per heavy atom. The lowest BCUT2D eigenvalue weighted by atomic mass is 10.2. The van der Waals surface area contributed by atoms with Crippen molar-refractivity contribution in [1.29, 1.82) is 0 Å². The monoisotopic (exact) mass is 317 g/mol. The third kappa shape index (κ3) is 4.82. The van der Waals surface area contributed by atoms with Gasteiger partial charge in [-0.05, 0) is 45.0 Å². The van der Waals surface area contributed by atoms with Crippen molar-refractivity contribution in [2.75, 3.05) is 13.2 Å². The third-order valence-electron chi connectivity index (χ3n) is 3.25. The van der Waals surface area contributed by atoms with Gasteiger partial charge in [0.2, 0.25) is 0 Å². The molecule has 6 nitrogen and oxygen atoms in total. The molecule has 2 aromatic rings. The van der Waals surface area contributed by atoms with Crippen molar-refractivity contribution in [2.24, 2.45) is 0 Å². The van der Waals surface area contributed by atoms with E-state index in [-0.39, 0.29) is 25.2 Å². The molecule has 0 saturated carbocycles. The molecular formula is C17H23N3O3. The molecule has 23 heavy (non-hydrogen) atoms. The zero-order valence-electron chi connectivity index (χ0n) is 13.7. The van der Waals surface area contributed by atoms with Crippen LogP contribution in [-0.2, 0) is 6.54 Å². The molecule has 0 bridgehead atoms. The molecule has 0 spiro atoms. The minimum Gasteiger partial charge on any atom is -0.491 e. The summed E-state index contributed by atoms with van der Waals surface area (Å²) < 4.78 is 5.58. The third-order valence-corrected chi connectivity index (χ3v) is 3.25. The first kappa shape index (κ1) is 17.0. The lowest BCUT2D eigenvalue weighted by Crippen LogP contribution is -2.33. The molecule has 0 fully saturated rings. The molecule has 0 atom stereocenters. The molecule has 0 radical (unpaired) electrons. The number of nitrogens with zero attached hydrogens (tertiary/aromatic N) is 2. The summed E-state index contributed by atoms with van der Waals surface area (Å²) in [6.07, 6.45) is 1.79. The largest absolute Gasteiger partial charge is 0.491 e. The van der Waals surface area contributed by atoms with E-state index in [1.54, 1.807) is 35.4 Å². The highest BCUT2D eigenvalue weighted by Gasteiger charge is 2.16. The van der Waals surface area contributed by atoms with Crippen LogP contribution in [0.1, 0.15) is 35.7 Å². The molecule has 1 aromatic heterocycles. The maximum absolute atomic E-state index is 12.6. The number of hydrogen-bond donors (Lipinski definition) is 2. The molecule has 1 amide bonds. The Morgan fingerprint density at radius 3 is 2.57 bits per heavy atom. The van der Waals surface area contributed by atoms with Gasteiger partial charge in [-0.15, -0.1) is 0 Å². The number of aryl methyl sites for hydroxylation is 1. The number of hydrogen-bond acceptors (Lipinski definition) is 4. The predicted octanol–water partition coefficient (Wildman–Crippen LogP) is 2.14. The fourth-order valence-electron chi connectivity index (χ4n) is 2.26. The highest BCUT2D eigenvalue weighted by molar-refractivity contribution is 5.94. The first-order valence-electron chi connectivity index (χ1n) is 7.67. The molecule has 6 heteroatoms. The van der Waals surface area contributed by atoms with Crippen LogP contribution < -0.4 is 4.74 Å². The number of aromatic nitrogens is 2. The van der Waals surface area contributed by atoms with Crippen molar-refractivity contribution in [3.05, 3.63) is 47.5 Å². The van der Waals surface area contributed by atoms with Gasteiger partial charge in [0.15, 0.2) is 0 Å². The normalized spacial score (nSPS) is 10.8. The van der Waals surface area contributed by atoms with Gasteiger partial charge in [-0.25, -0.2) is 4.98 Å². The fourth-order valence-corrected chi connectivity index (χ4v) is 2.26. The second-order valence-electron chi connectivity index (χ2n) is 5.64. The lowest BCUT2D eigenvalue weighted by Gasteiger charge is -2.21. The van der Waals surface area contributed by atoms with Gasteiger partial charge < -0.3 is 19.7 Å². The van der Waals surface area contributed by atoms with E-state index in [1.807, 2.05) is 20.8 Å². The number of H-pyrrole nitrogens is 1. The summed E-state index contributed by atoms with van der Waals surface area (Å²) in [6, 6.07) is 7.04. The minimum atomic E-state index is -0.137. The summed E-state index contributed by atoms with van der Waals surface area (Å²) in [5.41, 5.74) is 1.40. The SMILES string of the molecule is Cc1ncc(CN(CCO)C(=O)c2ccc(OC(C)C)cc2)[nH]1. The number of aliphatic hydroxyl groups excluding tert-OH is 1. The van der Waals surface area contributed by atoms with Crippen LogP contribution in [0, 0.1) is 6.92 Å². The summed E-state index contributed by atoms with van der Waals surface area (Å²) in [6.45, 7) is 6.32. The fraction of sp³-hybridized carbons (Fsp3) is 0.412. The molecule has 1 aromatic carbocycles. The number of amides is 1. The Labute approximate surface area is 136 Å². The maximum Gasteiger partial charge on any atom is 0.254 e. The molecule has 0 unspecified atom stereocenters. The van der Waals surface area contributed by atoms with Gasteiger partial charge in [0.25, 0.3) is 5.91 Å². The van der Waals surface area contributed by atoms with Crippen LogP contribution in [0.3, 0.4) is 0 Å². The van der Waals surface area contributed by atoms with E-state index in [1.165, 1.54) is 0 Å². The van der Waals surface area contributed by atoms with E-state index in [2.05, 4.69) is 9.97 Å². The molecule has 2 N–H and O–H groups in total. The standard InChI is InChI=1S/C17H23N3O3/c1-12(2)23-16-6-4-14(5-7-16)17(22)20(8-9-21)11-15-10-18-13(3)19-15/h4-7,10,12,21H,8-9,11H2,1-3H3,(H,18,19). The van der Waals surface area contributed by atoms with Gasteiger partial charge in [-0.2, -0.15) is 0 Å². The van der Waals surface area contributed by atoms with Crippen molar-refractivity contribution in [3.8, 4) is 5.75 Å². The van der Waals surface area contributed by atoms with Gasteiger partial charge in [-0.3, -0.25) is 4.79 Å². The summed E-state index contributed by atoms with van der Waals surface area (Å²) in [4.78, 5) is 21.4.